The number of carbonyl (C=O) groups is 1. The Kier molecular flexibility index (Phi) is 5.53. The van der Waals surface area contributed by atoms with Crippen molar-refractivity contribution in [1.29, 1.82) is 0 Å². The zero-order valence-corrected chi connectivity index (χ0v) is 17.7. The van der Waals surface area contributed by atoms with E-state index in [9.17, 15) is 4.79 Å². The molecule has 2 heterocycles. The molecule has 2 aromatic rings. The van der Waals surface area contributed by atoms with Crippen molar-refractivity contribution in [3.05, 3.63) is 59.2 Å². The van der Waals surface area contributed by atoms with E-state index in [4.69, 9.17) is 9.47 Å². The van der Waals surface area contributed by atoms with Crippen LogP contribution in [0.1, 0.15) is 67.9 Å². The smallest absolute Gasteiger partial charge is 0.254 e. The van der Waals surface area contributed by atoms with E-state index in [0.717, 1.165) is 54.9 Å². The van der Waals surface area contributed by atoms with Crippen molar-refractivity contribution in [2.24, 2.45) is 0 Å². The van der Waals surface area contributed by atoms with Gasteiger partial charge in [0.2, 0.25) is 0 Å². The molecule has 0 aliphatic carbocycles. The molecule has 0 radical (unpaired) electrons. The van der Waals surface area contributed by atoms with Crippen molar-refractivity contribution in [3.8, 4) is 11.5 Å². The van der Waals surface area contributed by atoms with Gasteiger partial charge in [0, 0.05) is 30.1 Å². The monoisotopic (exact) mass is 393 g/mol. The lowest BCUT2D eigenvalue weighted by Gasteiger charge is -2.35. The molecule has 0 aromatic heterocycles. The number of nitrogens with zero attached hydrogens (tertiary/aromatic N) is 1. The van der Waals surface area contributed by atoms with Gasteiger partial charge in [0.15, 0.2) is 11.5 Å². The van der Waals surface area contributed by atoms with Crippen molar-refractivity contribution in [2.45, 2.75) is 71.1 Å². The highest BCUT2D eigenvalue weighted by atomic mass is 16.5. The Bertz CT molecular complexity index is 872. The molecule has 0 saturated carbocycles. The Morgan fingerprint density at radius 3 is 2.72 bits per heavy atom. The van der Waals surface area contributed by atoms with Crippen molar-refractivity contribution in [2.75, 3.05) is 6.54 Å². The molecule has 4 nitrogen and oxygen atoms in total. The number of fused-ring (bicyclic) bond motifs is 1. The minimum Gasteiger partial charge on any atom is -0.485 e. The Morgan fingerprint density at radius 2 is 1.97 bits per heavy atom. The molecule has 2 aliphatic rings. The van der Waals surface area contributed by atoms with Crippen molar-refractivity contribution in [3.63, 3.8) is 0 Å². The summed E-state index contributed by atoms with van der Waals surface area (Å²) in [7, 11) is 0. The van der Waals surface area contributed by atoms with Gasteiger partial charge in [-0.25, -0.2) is 0 Å². The van der Waals surface area contributed by atoms with Crippen molar-refractivity contribution >= 4 is 5.91 Å². The molecular formula is C25H31NO3. The predicted molar refractivity (Wildman–Crippen MR) is 115 cm³/mol. The van der Waals surface area contributed by atoms with Crippen LogP contribution in [0.5, 0.6) is 11.5 Å². The summed E-state index contributed by atoms with van der Waals surface area (Å²) in [6.07, 6.45) is 5.37. The standard InChI is InChI=1S/C25H31NO3/c1-4-21-9-5-6-15-26(21)24(27)19-13-11-18(12-14-19)17-28-22-10-7-8-20-16-25(2,3)29-23(20)22/h7-8,10-14,21H,4-6,9,15-17H2,1-3H3. The lowest BCUT2D eigenvalue weighted by Crippen LogP contribution is -2.43. The van der Waals surface area contributed by atoms with E-state index in [-0.39, 0.29) is 11.5 Å². The second kappa shape index (κ2) is 8.10. The third-order valence-corrected chi connectivity index (χ3v) is 6.01. The fourth-order valence-electron chi connectivity index (χ4n) is 4.46. The molecule has 1 atom stereocenters. The summed E-state index contributed by atoms with van der Waals surface area (Å²) in [5, 5.41) is 0. The third-order valence-electron chi connectivity index (χ3n) is 6.01. The summed E-state index contributed by atoms with van der Waals surface area (Å²) >= 11 is 0. The van der Waals surface area contributed by atoms with E-state index in [0.29, 0.717) is 12.6 Å². The van der Waals surface area contributed by atoms with Gasteiger partial charge >= 0.3 is 0 Å². The van der Waals surface area contributed by atoms with Crippen LogP contribution in [0, 0.1) is 0 Å². The fourth-order valence-corrected chi connectivity index (χ4v) is 4.46. The van der Waals surface area contributed by atoms with Crippen LogP contribution in [0.3, 0.4) is 0 Å². The summed E-state index contributed by atoms with van der Waals surface area (Å²) in [5.41, 5.74) is 2.82. The minimum absolute atomic E-state index is 0.153. The van der Waals surface area contributed by atoms with Crippen molar-refractivity contribution < 1.29 is 14.3 Å². The van der Waals surface area contributed by atoms with E-state index < -0.39 is 0 Å². The summed E-state index contributed by atoms with van der Waals surface area (Å²) in [6.45, 7) is 7.69. The van der Waals surface area contributed by atoms with Gasteiger partial charge < -0.3 is 14.4 Å². The molecule has 2 aliphatic heterocycles. The first-order chi connectivity index (χ1) is 14.0. The van der Waals surface area contributed by atoms with Gasteiger partial charge in [-0.3, -0.25) is 4.79 Å². The molecule has 1 saturated heterocycles. The highest BCUT2D eigenvalue weighted by Crippen LogP contribution is 2.42. The first-order valence-electron chi connectivity index (χ1n) is 10.8. The van der Waals surface area contributed by atoms with Gasteiger partial charge in [-0.1, -0.05) is 31.2 Å². The molecule has 1 amide bonds. The van der Waals surface area contributed by atoms with Crippen LogP contribution in [-0.4, -0.2) is 29.0 Å². The summed E-state index contributed by atoms with van der Waals surface area (Å²) in [5.74, 6) is 1.80. The second-order valence-electron chi connectivity index (χ2n) is 8.82. The average Bonchev–Trinajstić information content (AvgIpc) is 3.06. The molecule has 4 rings (SSSR count). The van der Waals surface area contributed by atoms with Gasteiger partial charge in [-0.15, -0.1) is 0 Å². The van der Waals surface area contributed by atoms with E-state index in [2.05, 4.69) is 31.7 Å². The summed E-state index contributed by atoms with van der Waals surface area (Å²) in [4.78, 5) is 15.0. The van der Waals surface area contributed by atoms with Gasteiger partial charge in [-0.05, 0) is 63.3 Å². The number of amides is 1. The van der Waals surface area contributed by atoms with Crippen LogP contribution in [0.4, 0.5) is 0 Å². The van der Waals surface area contributed by atoms with Crippen LogP contribution in [-0.2, 0) is 13.0 Å². The fraction of sp³-hybridized carbons (Fsp3) is 0.480. The molecular weight excluding hydrogens is 362 g/mol. The van der Waals surface area contributed by atoms with Gasteiger partial charge in [0.05, 0.1) is 0 Å². The highest BCUT2D eigenvalue weighted by molar-refractivity contribution is 5.94. The van der Waals surface area contributed by atoms with E-state index in [1.807, 2.05) is 36.4 Å². The lowest BCUT2D eigenvalue weighted by molar-refractivity contribution is 0.0608. The number of rotatable bonds is 5. The average molecular weight is 394 g/mol. The maximum absolute atomic E-state index is 12.9. The number of likely N-dealkylation sites (tertiary alicyclic amines) is 1. The molecule has 1 fully saturated rings. The van der Waals surface area contributed by atoms with Crippen LogP contribution in [0.15, 0.2) is 42.5 Å². The Labute approximate surface area is 173 Å². The zero-order valence-electron chi connectivity index (χ0n) is 17.7. The van der Waals surface area contributed by atoms with Crippen LogP contribution >= 0.6 is 0 Å². The molecule has 29 heavy (non-hydrogen) atoms. The number of carbonyl (C=O) groups excluding carboxylic acids is 1. The number of benzene rings is 2. The van der Waals surface area contributed by atoms with Gasteiger partial charge in [0.25, 0.3) is 5.91 Å². The molecule has 2 aromatic carbocycles. The zero-order chi connectivity index (χ0) is 20.4. The number of hydrogen-bond donors (Lipinski definition) is 0. The molecule has 1 unspecified atom stereocenters. The van der Waals surface area contributed by atoms with E-state index >= 15 is 0 Å². The van der Waals surface area contributed by atoms with E-state index in [1.165, 1.54) is 12.0 Å². The lowest BCUT2D eigenvalue weighted by atomic mass is 9.98. The van der Waals surface area contributed by atoms with Crippen LogP contribution < -0.4 is 9.47 Å². The molecule has 4 heteroatoms. The Hall–Kier alpha value is -2.49. The molecule has 0 bridgehead atoms. The number of para-hydroxylation sites is 1. The number of ether oxygens (including phenoxy) is 2. The first-order valence-corrected chi connectivity index (χ1v) is 10.8. The second-order valence-corrected chi connectivity index (χ2v) is 8.82. The maximum atomic E-state index is 12.9. The van der Waals surface area contributed by atoms with Crippen molar-refractivity contribution in [1.82, 2.24) is 4.90 Å². The quantitative estimate of drug-likeness (QED) is 0.684. The van der Waals surface area contributed by atoms with E-state index in [1.54, 1.807) is 0 Å². The molecule has 0 N–H and O–H groups in total. The van der Waals surface area contributed by atoms with Gasteiger partial charge in [0.1, 0.15) is 12.2 Å². The minimum atomic E-state index is -0.186. The topological polar surface area (TPSA) is 38.8 Å². The first kappa shape index (κ1) is 19.8. The Balaban J connectivity index is 1.41. The highest BCUT2D eigenvalue weighted by Gasteiger charge is 2.32. The van der Waals surface area contributed by atoms with Gasteiger partial charge in [-0.2, -0.15) is 0 Å². The SMILES string of the molecule is CCC1CCCCN1C(=O)c1ccc(COc2cccc3c2OC(C)(C)C3)cc1. The molecule has 0 spiro atoms. The predicted octanol–water partition coefficient (Wildman–Crippen LogP) is 5.38. The van der Waals surface area contributed by atoms with Crippen LogP contribution in [0.2, 0.25) is 0 Å². The molecule has 154 valence electrons. The normalized spacial score (nSPS) is 20.1. The van der Waals surface area contributed by atoms with Crippen LogP contribution in [0.25, 0.3) is 0 Å². The number of piperidine rings is 1. The summed E-state index contributed by atoms with van der Waals surface area (Å²) < 4.78 is 12.1. The number of hydrogen-bond acceptors (Lipinski definition) is 3. The third kappa shape index (κ3) is 4.26. The summed E-state index contributed by atoms with van der Waals surface area (Å²) in [6, 6.07) is 14.3. The maximum Gasteiger partial charge on any atom is 0.254 e. The Morgan fingerprint density at radius 1 is 1.17 bits per heavy atom. The largest absolute Gasteiger partial charge is 0.485 e.